The molecule has 1 amide bonds. The van der Waals surface area contributed by atoms with Crippen molar-refractivity contribution in [2.45, 2.75) is 46.7 Å². The summed E-state index contributed by atoms with van der Waals surface area (Å²) in [5.74, 6) is 0.287. The Morgan fingerprint density at radius 2 is 1.92 bits per heavy atom. The monoisotopic (exact) mass is 333 g/mol. The number of hydrogen-bond acceptors (Lipinski definition) is 4. The average Bonchev–Trinajstić information content (AvgIpc) is 2.58. The molecule has 0 bridgehead atoms. The van der Waals surface area contributed by atoms with E-state index in [1.165, 1.54) is 0 Å². The summed E-state index contributed by atoms with van der Waals surface area (Å²) in [4.78, 5) is 11.9. The second-order valence-electron chi connectivity index (χ2n) is 7.15. The van der Waals surface area contributed by atoms with E-state index >= 15 is 0 Å². The molecule has 1 aliphatic rings. The maximum Gasteiger partial charge on any atom is 0.285 e. The predicted octanol–water partition coefficient (Wildman–Crippen LogP) is 2.73. The maximum atomic E-state index is 11.9. The Bertz CT molecular complexity index is 586. The Hall–Kier alpha value is -1.85. The zero-order valence-corrected chi connectivity index (χ0v) is 14.8. The lowest BCUT2D eigenvalue weighted by atomic mass is 9.77. The van der Waals surface area contributed by atoms with E-state index in [2.05, 4.69) is 26.1 Å². The molecule has 2 N–H and O–H groups in total. The Morgan fingerprint density at radius 3 is 2.46 bits per heavy atom. The highest BCUT2D eigenvalue weighted by atomic mass is 16.7. The number of aliphatic hydroxyl groups is 1. The smallest absolute Gasteiger partial charge is 0.285 e. The topological polar surface area (TPSA) is 67.8 Å². The van der Waals surface area contributed by atoms with Crippen LogP contribution in [-0.2, 0) is 27.5 Å². The molecule has 1 aromatic rings. The highest BCUT2D eigenvalue weighted by Crippen LogP contribution is 2.36. The molecule has 2 atom stereocenters. The minimum absolute atomic E-state index is 0.0213. The largest absolute Gasteiger partial charge is 0.459 e. The molecule has 0 aromatic heterocycles. The summed E-state index contributed by atoms with van der Waals surface area (Å²) >= 11 is 0. The van der Waals surface area contributed by atoms with Gasteiger partial charge in [0, 0.05) is 13.5 Å². The number of ether oxygens (including phenoxy) is 2. The maximum absolute atomic E-state index is 11.9. The third-order valence-electron chi connectivity index (χ3n) is 4.26. The summed E-state index contributed by atoms with van der Waals surface area (Å²) in [5, 5.41) is 11.7. The Kier molecular flexibility index (Phi) is 6.02. The number of rotatable bonds is 5. The fourth-order valence-corrected chi connectivity index (χ4v) is 2.58. The molecule has 0 unspecified atom stereocenters. The second kappa shape index (κ2) is 7.81. The van der Waals surface area contributed by atoms with Gasteiger partial charge in [0.05, 0.1) is 13.2 Å². The summed E-state index contributed by atoms with van der Waals surface area (Å²) in [5.41, 5.74) is 1.89. The number of carbonyl (C=O) groups excluding carboxylic acids is 1. The third kappa shape index (κ3) is 4.82. The standard InChI is InChI=1S/C19H27NO4/c1-19(2,3)15-9-16(18(22)20-4)24-17(10-15)23-12-14-7-5-13(11-21)6-8-14/h5-9,15,17,21H,10-12H2,1-4H3,(H,20,22)/t15-,17+/m0/s1. The number of carbonyl (C=O) groups is 1. The minimum Gasteiger partial charge on any atom is -0.459 e. The summed E-state index contributed by atoms with van der Waals surface area (Å²) in [6.07, 6.45) is 2.15. The van der Waals surface area contributed by atoms with Gasteiger partial charge in [-0.2, -0.15) is 0 Å². The van der Waals surface area contributed by atoms with Crippen LogP contribution in [-0.4, -0.2) is 24.4 Å². The van der Waals surface area contributed by atoms with E-state index < -0.39 is 6.29 Å². The summed E-state index contributed by atoms with van der Waals surface area (Å²) in [6.45, 7) is 6.86. The van der Waals surface area contributed by atoms with E-state index in [1.54, 1.807) is 7.05 Å². The SMILES string of the molecule is CNC(=O)C1=C[C@H](C(C)(C)C)C[C@H](OCc2ccc(CO)cc2)O1. The number of nitrogens with one attached hydrogen (secondary N) is 1. The normalized spacial score (nSPS) is 21.0. The molecule has 1 aromatic carbocycles. The molecule has 1 heterocycles. The van der Waals surface area contributed by atoms with Gasteiger partial charge in [0.1, 0.15) is 0 Å². The van der Waals surface area contributed by atoms with E-state index in [0.29, 0.717) is 18.8 Å². The molecule has 0 saturated carbocycles. The van der Waals surface area contributed by atoms with Crippen molar-refractivity contribution in [2.24, 2.45) is 11.3 Å². The molecule has 0 saturated heterocycles. The Balaban J connectivity index is 2.04. The average molecular weight is 333 g/mol. The van der Waals surface area contributed by atoms with Gasteiger partial charge in [-0.15, -0.1) is 0 Å². The van der Waals surface area contributed by atoms with Crippen LogP contribution in [0.4, 0.5) is 0 Å². The van der Waals surface area contributed by atoms with Gasteiger partial charge in [-0.1, -0.05) is 45.0 Å². The van der Waals surface area contributed by atoms with Gasteiger partial charge < -0.3 is 19.9 Å². The van der Waals surface area contributed by atoms with Gasteiger partial charge in [-0.3, -0.25) is 4.79 Å². The number of hydrogen-bond donors (Lipinski definition) is 2. The lowest BCUT2D eigenvalue weighted by Gasteiger charge is -2.35. The number of amides is 1. The van der Waals surface area contributed by atoms with E-state index in [1.807, 2.05) is 30.3 Å². The van der Waals surface area contributed by atoms with Crippen molar-refractivity contribution in [1.82, 2.24) is 5.32 Å². The molecule has 24 heavy (non-hydrogen) atoms. The van der Waals surface area contributed by atoms with Crippen LogP contribution in [0.3, 0.4) is 0 Å². The highest BCUT2D eigenvalue weighted by molar-refractivity contribution is 5.91. The van der Waals surface area contributed by atoms with E-state index in [4.69, 9.17) is 14.6 Å². The van der Waals surface area contributed by atoms with Crippen LogP contribution in [0.5, 0.6) is 0 Å². The van der Waals surface area contributed by atoms with Gasteiger partial charge >= 0.3 is 0 Å². The van der Waals surface area contributed by atoms with Crippen LogP contribution in [0.25, 0.3) is 0 Å². The quantitative estimate of drug-likeness (QED) is 0.869. The zero-order chi connectivity index (χ0) is 17.7. The lowest BCUT2D eigenvalue weighted by molar-refractivity contribution is -0.157. The molecule has 5 heteroatoms. The first-order chi connectivity index (χ1) is 11.3. The molecule has 0 radical (unpaired) electrons. The highest BCUT2D eigenvalue weighted by Gasteiger charge is 2.33. The van der Waals surface area contributed by atoms with Crippen LogP contribution >= 0.6 is 0 Å². The number of benzene rings is 1. The van der Waals surface area contributed by atoms with Crippen molar-refractivity contribution in [3.05, 3.63) is 47.2 Å². The van der Waals surface area contributed by atoms with Crippen molar-refractivity contribution < 1.29 is 19.4 Å². The van der Waals surface area contributed by atoms with Gasteiger partial charge in [-0.05, 0) is 28.5 Å². The summed E-state index contributed by atoms with van der Waals surface area (Å²) < 4.78 is 11.6. The Labute approximate surface area is 143 Å². The van der Waals surface area contributed by atoms with Crippen molar-refractivity contribution >= 4 is 5.91 Å². The minimum atomic E-state index is -0.455. The molecule has 0 fully saturated rings. The van der Waals surface area contributed by atoms with Crippen molar-refractivity contribution in [3.63, 3.8) is 0 Å². The van der Waals surface area contributed by atoms with Crippen molar-refractivity contribution in [3.8, 4) is 0 Å². The second-order valence-corrected chi connectivity index (χ2v) is 7.15. The fourth-order valence-electron chi connectivity index (χ4n) is 2.58. The van der Waals surface area contributed by atoms with E-state index in [-0.39, 0.29) is 23.8 Å². The van der Waals surface area contributed by atoms with Crippen molar-refractivity contribution in [2.75, 3.05) is 7.05 Å². The number of aliphatic hydroxyl groups excluding tert-OH is 1. The fraction of sp³-hybridized carbons (Fsp3) is 0.526. The van der Waals surface area contributed by atoms with Crippen molar-refractivity contribution in [1.29, 1.82) is 0 Å². The third-order valence-corrected chi connectivity index (χ3v) is 4.26. The lowest BCUT2D eigenvalue weighted by Crippen LogP contribution is -2.35. The number of allylic oxidation sites excluding steroid dienone is 1. The molecule has 2 rings (SSSR count). The van der Waals surface area contributed by atoms with E-state index in [0.717, 1.165) is 11.1 Å². The van der Waals surface area contributed by atoms with Gasteiger partial charge in [-0.25, -0.2) is 0 Å². The number of likely N-dealkylation sites (N-methyl/N-ethyl adjacent to an activating group) is 1. The molecule has 0 spiro atoms. The van der Waals surface area contributed by atoms with Gasteiger partial charge in [0.25, 0.3) is 5.91 Å². The zero-order valence-electron chi connectivity index (χ0n) is 14.8. The van der Waals surface area contributed by atoms with Crippen LogP contribution in [0, 0.1) is 11.3 Å². The molecule has 5 nitrogen and oxygen atoms in total. The molecular weight excluding hydrogens is 306 g/mol. The molecule has 0 aliphatic carbocycles. The van der Waals surface area contributed by atoms with Crippen LogP contribution in [0.1, 0.15) is 38.3 Å². The first-order valence-electron chi connectivity index (χ1n) is 8.24. The summed E-state index contributed by atoms with van der Waals surface area (Å²) in [7, 11) is 1.59. The first-order valence-corrected chi connectivity index (χ1v) is 8.24. The molecular formula is C19H27NO4. The molecule has 132 valence electrons. The van der Waals surface area contributed by atoms with Gasteiger partial charge in [0.2, 0.25) is 6.29 Å². The Morgan fingerprint density at radius 1 is 1.29 bits per heavy atom. The van der Waals surface area contributed by atoms with Crippen LogP contribution in [0.2, 0.25) is 0 Å². The van der Waals surface area contributed by atoms with Crippen LogP contribution in [0.15, 0.2) is 36.1 Å². The molecule has 1 aliphatic heterocycles. The first kappa shape index (κ1) is 18.5. The van der Waals surface area contributed by atoms with E-state index in [9.17, 15) is 4.79 Å². The van der Waals surface area contributed by atoms with Gasteiger partial charge in [0.15, 0.2) is 5.76 Å². The summed E-state index contributed by atoms with van der Waals surface area (Å²) in [6, 6.07) is 7.58. The predicted molar refractivity (Wildman–Crippen MR) is 91.7 cm³/mol. The van der Waals surface area contributed by atoms with Crippen LogP contribution < -0.4 is 5.32 Å².